The largest absolute Gasteiger partial charge is 0.370 e. The summed E-state index contributed by atoms with van der Waals surface area (Å²) in [4.78, 5) is 19.4. The molecule has 0 fully saturated rings. The van der Waals surface area contributed by atoms with Crippen molar-refractivity contribution in [3.8, 4) is 0 Å². The number of benzene rings is 1. The number of nitrogens with one attached hydrogen (secondary N) is 1. The summed E-state index contributed by atoms with van der Waals surface area (Å²) in [6.45, 7) is 4.62. The maximum Gasteiger partial charge on any atom is 0.263 e. The Morgan fingerprint density at radius 3 is 2.88 bits per heavy atom. The van der Waals surface area contributed by atoms with Crippen LogP contribution in [0.1, 0.15) is 29.9 Å². The maximum atomic E-state index is 12.9. The van der Waals surface area contributed by atoms with Crippen molar-refractivity contribution in [1.82, 2.24) is 9.55 Å². The van der Waals surface area contributed by atoms with Crippen LogP contribution in [0.4, 0.5) is 5.95 Å². The van der Waals surface area contributed by atoms with Gasteiger partial charge in [0, 0.05) is 18.3 Å². The number of ether oxygens (including phenoxy) is 1. The zero-order valence-corrected chi connectivity index (χ0v) is 15.8. The van der Waals surface area contributed by atoms with Gasteiger partial charge in [-0.3, -0.25) is 9.36 Å². The molecule has 0 unspecified atom stereocenters. The molecular formula is C19H20N4O2S. The van der Waals surface area contributed by atoms with Gasteiger partial charge in [0.15, 0.2) is 0 Å². The minimum absolute atomic E-state index is 0.0531. The minimum atomic E-state index is -0.261. The van der Waals surface area contributed by atoms with Gasteiger partial charge in [-0.25, -0.2) is 10.4 Å². The number of fused-ring (bicyclic) bond motifs is 3. The lowest BCUT2D eigenvalue weighted by Crippen LogP contribution is -2.32. The number of anilines is 1. The van der Waals surface area contributed by atoms with Gasteiger partial charge in [-0.15, -0.1) is 11.3 Å². The number of hydrogen-bond donors (Lipinski definition) is 1. The molecule has 0 radical (unpaired) electrons. The van der Waals surface area contributed by atoms with E-state index < -0.39 is 0 Å². The highest BCUT2D eigenvalue weighted by atomic mass is 32.1. The van der Waals surface area contributed by atoms with Crippen molar-refractivity contribution < 1.29 is 4.74 Å². The van der Waals surface area contributed by atoms with Crippen LogP contribution >= 0.6 is 11.3 Å². The molecule has 3 heterocycles. The second-order valence-electron chi connectivity index (χ2n) is 6.99. The maximum absolute atomic E-state index is 12.9. The Hall–Kier alpha value is -2.51. The Balaban J connectivity index is 1.71. The number of hydrogen-bond acceptors (Lipinski definition) is 6. The Bertz CT molecular complexity index is 1050. The molecule has 3 aromatic rings. The predicted molar refractivity (Wildman–Crippen MR) is 105 cm³/mol. The normalized spacial score (nSPS) is 16.1. The first kappa shape index (κ1) is 16.9. The molecule has 0 saturated heterocycles. The predicted octanol–water partition coefficient (Wildman–Crippen LogP) is 3.29. The fraction of sp³-hybridized carbons (Fsp3) is 0.316. The summed E-state index contributed by atoms with van der Waals surface area (Å²) in [5.74, 6) is 0.424. The van der Waals surface area contributed by atoms with E-state index in [9.17, 15) is 4.79 Å². The van der Waals surface area contributed by atoms with Crippen molar-refractivity contribution in [3.05, 3.63) is 56.7 Å². The molecule has 0 bridgehead atoms. The van der Waals surface area contributed by atoms with Crippen molar-refractivity contribution in [2.75, 3.05) is 5.43 Å². The second kappa shape index (κ2) is 6.34. The number of nitrogens with zero attached hydrogens (tertiary/aromatic N) is 3. The standard InChI is InChI=1S/C19H20N4O2S/c1-19(2)9-13-14(11-25-19)26-16-15(13)17(24)23(3)18(21-16)22-20-10-12-7-5-4-6-8-12/h4-8,10H,9,11H2,1-3H3,(H,21,22)/b20-10-. The Morgan fingerprint density at radius 2 is 2.12 bits per heavy atom. The van der Waals surface area contributed by atoms with Crippen molar-refractivity contribution in [2.45, 2.75) is 32.5 Å². The van der Waals surface area contributed by atoms with Gasteiger partial charge in [-0.2, -0.15) is 5.10 Å². The van der Waals surface area contributed by atoms with E-state index in [1.54, 1.807) is 13.3 Å². The zero-order valence-electron chi connectivity index (χ0n) is 14.9. The highest BCUT2D eigenvalue weighted by molar-refractivity contribution is 7.18. The van der Waals surface area contributed by atoms with Crippen LogP contribution in [0.3, 0.4) is 0 Å². The summed E-state index contributed by atoms with van der Waals surface area (Å²) in [6, 6.07) is 9.75. The minimum Gasteiger partial charge on any atom is -0.370 e. The van der Waals surface area contributed by atoms with Crippen LogP contribution in [0.25, 0.3) is 10.2 Å². The van der Waals surface area contributed by atoms with Crippen molar-refractivity contribution in [1.29, 1.82) is 0 Å². The third kappa shape index (κ3) is 3.04. The van der Waals surface area contributed by atoms with E-state index in [-0.39, 0.29) is 11.2 Å². The van der Waals surface area contributed by atoms with Gasteiger partial charge in [0.25, 0.3) is 5.56 Å². The monoisotopic (exact) mass is 368 g/mol. The lowest BCUT2D eigenvalue weighted by atomic mass is 9.94. The molecule has 2 aromatic heterocycles. The third-order valence-corrected chi connectivity index (χ3v) is 5.59. The molecule has 7 heteroatoms. The topological polar surface area (TPSA) is 68.5 Å². The molecule has 0 spiro atoms. The van der Waals surface area contributed by atoms with Crippen molar-refractivity contribution >= 4 is 33.7 Å². The average molecular weight is 368 g/mol. The van der Waals surface area contributed by atoms with Crippen LogP contribution in [-0.2, 0) is 24.8 Å². The van der Waals surface area contributed by atoms with Gasteiger partial charge in [0.05, 0.1) is 23.8 Å². The summed E-state index contributed by atoms with van der Waals surface area (Å²) < 4.78 is 7.38. The van der Waals surface area contributed by atoms with Gasteiger partial charge in [-0.05, 0) is 25.0 Å². The highest BCUT2D eigenvalue weighted by Crippen LogP contribution is 2.37. The zero-order chi connectivity index (χ0) is 18.3. The molecule has 1 aliphatic heterocycles. The number of aromatic nitrogens is 2. The molecule has 134 valence electrons. The summed E-state index contributed by atoms with van der Waals surface area (Å²) in [5.41, 5.74) is 4.62. The summed E-state index contributed by atoms with van der Waals surface area (Å²) in [7, 11) is 1.71. The van der Waals surface area contributed by atoms with Gasteiger partial charge >= 0.3 is 0 Å². The lowest BCUT2D eigenvalue weighted by molar-refractivity contribution is -0.0379. The van der Waals surface area contributed by atoms with Crippen LogP contribution in [0.5, 0.6) is 0 Å². The molecule has 4 rings (SSSR count). The van der Waals surface area contributed by atoms with E-state index >= 15 is 0 Å². The smallest absolute Gasteiger partial charge is 0.263 e. The van der Waals surface area contributed by atoms with E-state index in [1.807, 2.05) is 44.2 Å². The molecule has 6 nitrogen and oxygen atoms in total. The van der Waals surface area contributed by atoms with E-state index in [0.717, 1.165) is 27.3 Å². The van der Waals surface area contributed by atoms with Crippen LogP contribution in [0.15, 0.2) is 40.2 Å². The molecular weight excluding hydrogens is 348 g/mol. The summed E-state index contributed by atoms with van der Waals surface area (Å²) in [5, 5.41) is 4.92. The number of rotatable bonds is 3. The lowest BCUT2D eigenvalue weighted by Gasteiger charge is -2.29. The first-order valence-corrected chi connectivity index (χ1v) is 9.26. The van der Waals surface area contributed by atoms with Gasteiger partial charge in [0.2, 0.25) is 5.95 Å². The van der Waals surface area contributed by atoms with E-state index in [0.29, 0.717) is 17.9 Å². The van der Waals surface area contributed by atoms with E-state index in [4.69, 9.17) is 4.74 Å². The Labute approximate surface area is 155 Å². The first-order valence-electron chi connectivity index (χ1n) is 8.44. The quantitative estimate of drug-likeness (QED) is 0.569. The second-order valence-corrected chi connectivity index (χ2v) is 8.07. The third-order valence-electron chi connectivity index (χ3n) is 4.49. The Kier molecular flexibility index (Phi) is 4.13. The molecule has 0 atom stereocenters. The molecule has 1 aromatic carbocycles. The highest BCUT2D eigenvalue weighted by Gasteiger charge is 2.31. The van der Waals surface area contributed by atoms with Gasteiger partial charge < -0.3 is 4.74 Å². The molecule has 0 amide bonds. The number of thiophene rings is 1. The summed E-state index contributed by atoms with van der Waals surface area (Å²) in [6.07, 6.45) is 2.42. The van der Waals surface area contributed by atoms with Gasteiger partial charge in [-0.1, -0.05) is 30.3 Å². The van der Waals surface area contributed by atoms with Crippen LogP contribution in [0.2, 0.25) is 0 Å². The fourth-order valence-electron chi connectivity index (χ4n) is 3.08. The fourth-order valence-corrected chi connectivity index (χ4v) is 4.17. The van der Waals surface area contributed by atoms with Crippen LogP contribution < -0.4 is 11.0 Å². The van der Waals surface area contributed by atoms with Crippen LogP contribution in [-0.4, -0.2) is 21.4 Å². The average Bonchev–Trinajstić information content (AvgIpc) is 2.96. The van der Waals surface area contributed by atoms with E-state index in [2.05, 4.69) is 15.5 Å². The van der Waals surface area contributed by atoms with Crippen molar-refractivity contribution in [3.63, 3.8) is 0 Å². The number of hydrazone groups is 1. The van der Waals surface area contributed by atoms with Crippen LogP contribution in [0, 0.1) is 0 Å². The molecule has 1 aliphatic rings. The molecule has 0 saturated carbocycles. The molecule has 0 aliphatic carbocycles. The van der Waals surface area contributed by atoms with Gasteiger partial charge in [0.1, 0.15) is 4.83 Å². The first-order chi connectivity index (χ1) is 12.4. The summed E-state index contributed by atoms with van der Waals surface area (Å²) >= 11 is 1.53. The Morgan fingerprint density at radius 1 is 1.35 bits per heavy atom. The van der Waals surface area contributed by atoms with Crippen molar-refractivity contribution in [2.24, 2.45) is 12.1 Å². The molecule has 26 heavy (non-hydrogen) atoms. The SMILES string of the molecule is Cn1c(N/N=C\c2ccccc2)nc2sc3c(c2c1=O)CC(C)(C)OC3. The molecule has 1 N–H and O–H groups in total. The van der Waals surface area contributed by atoms with E-state index in [1.165, 1.54) is 15.9 Å².